The standard InChI is InChI=1S/C18H28N2O2/c1-12-7-5-6-10-20(12)17(21)16-14-11-13(18(2,3)4)8-9-15(14)22-19-16/h12-13H,5-11H2,1-4H3. The van der Waals surface area contributed by atoms with Crippen LogP contribution in [0.1, 0.15) is 75.2 Å². The van der Waals surface area contributed by atoms with E-state index in [0.717, 1.165) is 50.0 Å². The van der Waals surface area contributed by atoms with Crippen LogP contribution in [-0.2, 0) is 12.8 Å². The summed E-state index contributed by atoms with van der Waals surface area (Å²) in [4.78, 5) is 14.9. The number of hydrogen-bond donors (Lipinski definition) is 0. The first-order valence-corrected chi connectivity index (χ1v) is 8.66. The number of fused-ring (bicyclic) bond motifs is 1. The Morgan fingerprint density at radius 1 is 1.27 bits per heavy atom. The number of aryl methyl sites for hydroxylation is 1. The van der Waals surface area contributed by atoms with Gasteiger partial charge < -0.3 is 9.42 Å². The summed E-state index contributed by atoms with van der Waals surface area (Å²) >= 11 is 0. The molecule has 2 aliphatic rings. The number of hydrogen-bond acceptors (Lipinski definition) is 3. The van der Waals surface area contributed by atoms with E-state index in [2.05, 4.69) is 32.9 Å². The zero-order valence-corrected chi connectivity index (χ0v) is 14.3. The quantitative estimate of drug-likeness (QED) is 0.792. The summed E-state index contributed by atoms with van der Waals surface area (Å²) in [7, 11) is 0. The smallest absolute Gasteiger partial charge is 0.276 e. The van der Waals surface area contributed by atoms with Gasteiger partial charge in [-0.2, -0.15) is 0 Å². The predicted octanol–water partition coefficient (Wildman–Crippen LogP) is 3.84. The van der Waals surface area contributed by atoms with E-state index in [1.54, 1.807) is 0 Å². The normalized spacial score (nSPS) is 25.9. The summed E-state index contributed by atoms with van der Waals surface area (Å²) in [6.07, 6.45) is 6.36. The maximum absolute atomic E-state index is 12.9. The molecule has 4 nitrogen and oxygen atoms in total. The molecule has 122 valence electrons. The van der Waals surface area contributed by atoms with Gasteiger partial charge in [-0.25, -0.2) is 0 Å². The first-order chi connectivity index (χ1) is 10.4. The minimum absolute atomic E-state index is 0.0757. The molecule has 1 aromatic rings. The highest BCUT2D eigenvalue weighted by molar-refractivity contribution is 5.94. The lowest BCUT2D eigenvalue weighted by molar-refractivity contribution is 0.0623. The Balaban J connectivity index is 1.84. The van der Waals surface area contributed by atoms with Gasteiger partial charge in [0.05, 0.1) is 0 Å². The highest BCUT2D eigenvalue weighted by Crippen LogP contribution is 2.38. The molecule has 0 radical (unpaired) electrons. The van der Waals surface area contributed by atoms with Crippen molar-refractivity contribution < 1.29 is 9.32 Å². The first kappa shape index (κ1) is 15.6. The van der Waals surface area contributed by atoms with Gasteiger partial charge in [-0.1, -0.05) is 25.9 Å². The molecule has 0 saturated carbocycles. The average Bonchev–Trinajstić information content (AvgIpc) is 2.89. The van der Waals surface area contributed by atoms with E-state index in [0.29, 0.717) is 17.7 Å². The van der Waals surface area contributed by atoms with Crippen molar-refractivity contribution in [3.63, 3.8) is 0 Å². The van der Waals surface area contributed by atoms with Gasteiger partial charge in [0, 0.05) is 24.6 Å². The third kappa shape index (κ3) is 2.80. The van der Waals surface area contributed by atoms with Gasteiger partial charge in [0.25, 0.3) is 5.91 Å². The van der Waals surface area contributed by atoms with Crippen LogP contribution >= 0.6 is 0 Å². The molecule has 2 unspecified atom stereocenters. The monoisotopic (exact) mass is 304 g/mol. The van der Waals surface area contributed by atoms with E-state index in [4.69, 9.17) is 4.52 Å². The summed E-state index contributed by atoms with van der Waals surface area (Å²) in [5, 5.41) is 4.16. The molecule has 2 heterocycles. The molecular weight excluding hydrogens is 276 g/mol. The lowest BCUT2D eigenvalue weighted by Crippen LogP contribution is -2.42. The van der Waals surface area contributed by atoms with Gasteiger partial charge in [0.1, 0.15) is 5.76 Å². The highest BCUT2D eigenvalue weighted by atomic mass is 16.5. The molecule has 2 atom stereocenters. The third-order valence-corrected chi connectivity index (χ3v) is 5.53. The second-order valence-electron chi connectivity index (χ2n) is 8.08. The van der Waals surface area contributed by atoms with Gasteiger partial charge in [0.2, 0.25) is 0 Å². The van der Waals surface area contributed by atoms with Crippen LogP contribution in [0, 0.1) is 11.3 Å². The van der Waals surface area contributed by atoms with E-state index in [9.17, 15) is 4.79 Å². The van der Waals surface area contributed by atoms with Crippen LogP contribution in [0.4, 0.5) is 0 Å². The molecule has 22 heavy (non-hydrogen) atoms. The number of piperidine rings is 1. The van der Waals surface area contributed by atoms with Crippen molar-refractivity contribution in [2.45, 2.75) is 72.3 Å². The second kappa shape index (κ2) is 5.71. The van der Waals surface area contributed by atoms with Gasteiger partial charge in [-0.3, -0.25) is 4.79 Å². The van der Waals surface area contributed by atoms with Crippen LogP contribution in [-0.4, -0.2) is 28.6 Å². The number of rotatable bonds is 1. The largest absolute Gasteiger partial charge is 0.360 e. The van der Waals surface area contributed by atoms with Crippen molar-refractivity contribution in [1.29, 1.82) is 0 Å². The Bertz CT molecular complexity index is 556. The third-order valence-electron chi connectivity index (χ3n) is 5.53. The Morgan fingerprint density at radius 2 is 2.05 bits per heavy atom. The average molecular weight is 304 g/mol. The maximum Gasteiger partial charge on any atom is 0.276 e. The molecule has 1 aliphatic carbocycles. The first-order valence-electron chi connectivity index (χ1n) is 8.66. The van der Waals surface area contributed by atoms with Gasteiger partial charge in [-0.05, 0) is 50.4 Å². The van der Waals surface area contributed by atoms with Crippen molar-refractivity contribution in [1.82, 2.24) is 10.1 Å². The van der Waals surface area contributed by atoms with E-state index in [1.807, 2.05) is 4.90 Å². The molecule has 3 rings (SSSR count). The van der Waals surface area contributed by atoms with Crippen LogP contribution in [0.25, 0.3) is 0 Å². The molecule has 1 amide bonds. The van der Waals surface area contributed by atoms with Gasteiger partial charge >= 0.3 is 0 Å². The van der Waals surface area contributed by atoms with Crippen LogP contribution < -0.4 is 0 Å². The zero-order valence-electron chi connectivity index (χ0n) is 14.3. The molecule has 4 heteroatoms. The Labute approximate surface area is 133 Å². The van der Waals surface area contributed by atoms with Crippen molar-refractivity contribution in [2.75, 3.05) is 6.54 Å². The minimum Gasteiger partial charge on any atom is -0.360 e. The van der Waals surface area contributed by atoms with Crippen molar-refractivity contribution >= 4 is 5.91 Å². The molecule has 0 aromatic carbocycles. The fourth-order valence-electron chi connectivity index (χ4n) is 3.85. The molecule has 1 aliphatic heterocycles. The lowest BCUT2D eigenvalue weighted by atomic mass is 9.71. The van der Waals surface area contributed by atoms with E-state index in [-0.39, 0.29) is 11.3 Å². The molecule has 0 spiro atoms. The van der Waals surface area contributed by atoms with Crippen LogP contribution in [0.2, 0.25) is 0 Å². The van der Waals surface area contributed by atoms with E-state index < -0.39 is 0 Å². The highest BCUT2D eigenvalue weighted by Gasteiger charge is 2.36. The molecule has 1 saturated heterocycles. The molecular formula is C18H28N2O2. The summed E-state index contributed by atoms with van der Waals surface area (Å²) < 4.78 is 5.50. The molecule has 1 fully saturated rings. The Hall–Kier alpha value is -1.32. The number of likely N-dealkylation sites (tertiary alicyclic amines) is 1. The number of carbonyl (C=O) groups is 1. The van der Waals surface area contributed by atoms with Crippen LogP contribution in [0.5, 0.6) is 0 Å². The maximum atomic E-state index is 12.9. The van der Waals surface area contributed by atoms with Crippen LogP contribution in [0.15, 0.2) is 4.52 Å². The lowest BCUT2D eigenvalue weighted by Gasteiger charge is -2.35. The van der Waals surface area contributed by atoms with E-state index in [1.165, 1.54) is 6.42 Å². The summed E-state index contributed by atoms with van der Waals surface area (Å²) in [5.41, 5.74) is 1.92. The van der Waals surface area contributed by atoms with Gasteiger partial charge in [0.15, 0.2) is 5.69 Å². The van der Waals surface area contributed by atoms with E-state index >= 15 is 0 Å². The van der Waals surface area contributed by atoms with Crippen molar-refractivity contribution in [3.05, 3.63) is 17.0 Å². The number of nitrogens with zero attached hydrogens (tertiary/aromatic N) is 2. The molecule has 1 aromatic heterocycles. The Morgan fingerprint density at radius 3 is 2.73 bits per heavy atom. The molecule has 0 N–H and O–H groups in total. The predicted molar refractivity (Wildman–Crippen MR) is 85.8 cm³/mol. The zero-order chi connectivity index (χ0) is 15.9. The second-order valence-corrected chi connectivity index (χ2v) is 8.08. The fourth-order valence-corrected chi connectivity index (χ4v) is 3.85. The topological polar surface area (TPSA) is 46.3 Å². The SMILES string of the molecule is CC1CCCCN1C(=O)c1noc2c1CC(C(C)(C)C)CC2. The van der Waals surface area contributed by atoms with Crippen LogP contribution in [0.3, 0.4) is 0 Å². The minimum atomic E-state index is 0.0757. The molecule has 0 bridgehead atoms. The summed E-state index contributed by atoms with van der Waals surface area (Å²) in [6.45, 7) is 9.84. The summed E-state index contributed by atoms with van der Waals surface area (Å²) in [5.74, 6) is 1.60. The number of amides is 1. The fraction of sp³-hybridized carbons (Fsp3) is 0.778. The number of carbonyl (C=O) groups excluding carboxylic acids is 1. The number of aromatic nitrogens is 1. The Kier molecular flexibility index (Phi) is 4.04. The van der Waals surface area contributed by atoms with Gasteiger partial charge in [-0.15, -0.1) is 0 Å². The van der Waals surface area contributed by atoms with Crippen molar-refractivity contribution in [2.24, 2.45) is 11.3 Å². The summed E-state index contributed by atoms with van der Waals surface area (Å²) in [6, 6.07) is 0.315. The van der Waals surface area contributed by atoms with Crippen molar-refractivity contribution in [3.8, 4) is 0 Å².